The molecule has 1 atom stereocenters. The van der Waals surface area contributed by atoms with Gasteiger partial charge >= 0.3 is 6.03 Å². The molecule has 0 spiro atoms. The lowest BCUT2D eigenvalue weighted by atomic mass is 10.1. The fraction of sp³-hybridized carbons (Fsp3) is 0.429. The average Bonchev–Trinajstić information content (AvgIpc) is 2.43. The molecule has 3 amide bonds. The van der Waals surface area contributed by atoms with Crippen molar-refractivity contribution in [1.82, 2.24) is 10.6 Å². The summed E-state index contributed by atoms with van der Waals surface area (Å²) in [4.78, 5) is 22.0. The monoisotopic (exact) mass is 278 g/mol. The second-order valence-electron chi connectivity index (χ2n) is 4.57. The lowest BCUT2D eigenvalue weighted by Crippen LogP contribution is -2.36. The van der Waals surface area contributed by atoms with Crippen molar-refractivity contribution in [2.45, 2.75) is 26.3 Å². The number of anilines is 1. The van der Waals surface area contributed by atoms with Gasteiger partial charge in [-0.3, -0.25) is 4.79 Å². The zero-order valence-corrected chi connectivity index (χ0v) is 11.9. The number of primary amides is 1. The predicted molar refractivity (Wildman–Crippen MR) is 79.4 cm³/mol. The normalized spacial score (nSPS) is 11.7. The van der Waals surface area contributed by atoms with Crippen molar-refractivity contribution in [2.75, 3.05) is 18.4 Å². The quantitative estimate of drug-likeness (QED) is 0.606. The number of carbonyl (C=O) groups is 2. The zero-order chi connectivity index (χ0) is 15.0. The number of rotatable bonds is 7. The summed E-state index contributed by atoms with van der Waals surface area (Å²) in [5, 5.41) is 8.38. The number of amides is 3. The first-order chi connectivity index (χ1) is 9.52. The van der Waals surface area contributed by atoms with Gasteiger partial charge < -0.3 is 21.7 Å². The van der Waals surface area contributed by atoms with Gasteiger partial charge in [0.05, 0.1) is 6.54 Å². The number of nitrogens with two attached hydrogens (primary N) is 1. The Morgan fingerprint density at radius 3 is 2.45 bits per heavy atom. The van der Waals surface area contributed by atoms with Gasteiger partial charge in [-0.25, -0.2) is 4.79 Å². The maximum absolute atomic E-state index is 11.4. The molecule has 0 saturated carbocycles. The van der Waals surface area contributed by atoms with E-state index in [0.29, 0.717) is 5.69 Å². The third kappa shape index (κ3) is 5.71. The first-order valence-corrected chi connectivity index (χ1v) is 6.69. The minimum absolute atomic E-state index is 0.179. The summed E-state index contributed by atoms with van der Waals surface area (Å²) >= 11 is 0. The van der Waals surface area contributed by atoms with E-state index in [0.717, 1.165) is 18.5 Å². The summed E-state index contributed by atoms with van der Waals surface area (Å²) in [5.74, 6) is -0.577. The summed E-state index contributed by atoms with van der Waals surface area (Å²) in [7, 11) is 0. The van der Waals surface area contributed by atoms with Crippen LogP contribution in [0.4, 0.5) is 10.5 Å². The highest BCUT2D eigenvalue weighted by atomic mass is 16.2. The van der Waals surface area contributed by atoms with Crippen LogP contribution in [0.25, 0.3) is 0 Å². The molecule has 0 radical (unpaired) electrons. The highest BCUT2D eigenvalue weighted by Crippen LogP contribution is 2.15. The maximum atomic E-state index is 11.4. The minimum atomic E-state index is -0.577. The molecule has 0 fully saturated rings. The van der Waals surface area contributed by atoms with E-state index in [4.69, 9.17) is 5.73 Å². The van der Waals surface area contributed by atoms with Gasteiger partial charge in [-0.1, -0.05) is 19.1 Å². The van der Waals surface area contributed by atoms with Crippen molar-refractivity contribution in [3.8, 4) is 0 Å². The molecule has 20 heavy (non-hydrogen) atoms. The summed E-state index contributed by atoms with van der Waals surface area (Å²) in [6, 6.07) is 7.38. The molecule has 0 aromatic heterocycles. The van der Waals surface area contributed by atoms with Gasteiger partial charge in [0.15, 0.2) is 0 Å². The van der Waals surface area contributed by atoms with Crippen LogP contribution in [0, 0.1) is 0 Å². The first-order valence-electron chi connectivity index (χ1n) is 6.69. The predicted octanol–water partition coefficient (Wildman–Crippen LogP) is 1.35. The van der Waals surface area contributed by atoms with Crippen LogP contribution in [0.15, 0.2) is 24.3 Å². The smallest absolute Gasteiger partial charge is 0.319 e. The second-order valence-corrected chi connectivity index (χ2v) is 4.57. The third-order valence-corrected chi connectivity index (χ3v) is 2.79. The van der Waals surface area contributed by atoms with Crippen LogP contribution in [-0.2, 0) is 4.79 Å². The molecule has 110 valence electrons. The van der Waals surface area contributed by atoms with E-state index >= 15 is 0 Å². The molecule has 0 aliphatic rings. The van der Waals surface area contributed by atoms with Gasteiger partial charge in [-0.2, -0.15) is 0 Å². The molecule has 0 saturated heterocycles. The second kappa shape index (κ2) is 8.16. The molecule has 6 nitrogen and oxygen atoms in total. The van der Waals surface area contributed by atoms with E-state index < -0.39 is 11.9 Å². The van der Waals surface area contributed by atoms with Crippen LogP contribution < -0.4 is 21.7 Å². The fourth-order valence-electron chi connectivity index (χ4n) is 1.68. The Bertz CT molecular complexity index is 445. The Morgan fingerprint density at radius 1 is 1.25 bits per heavy atom. The van der Waals surface area contributed by atoms with Crippen LogP contribution in [0.3, 0.4) is 0 Å². The highest BCUT2D eigenvalue weighted by Gasteiger charge is 2.06. The summed E-state index contributed by atoms with van der Waals surface area (Å²) in [5.41, 5.74) is 6.76. The van der Waals surface area contributed by atoms with Crippen molar-refractivity contribution in [3.05, 3.63) is 29.8 Å². The van der Waals surface area contributed by atoms with Gasteiger partial charge in [0.25, 0.3) is 0 Å². The summed E-state index contributed by atoms with van der Waals surface area (Å²) < 4.78 is 0. The van der Waals surface area contributed by atoms with E-state index in [1.54, 1.807) is 0 Å². The molecule has 1 aromatic rings. The lowest BCUT2D eigenvalue weighted by molar-refractivity contribution is -0.117. The van der Waals surface area contributed by atoms with E-state index in [-0.39, 0.29) is 12.6 Å². The molecule has 0 bridgehead atoms. The van der Waals surface area contributed by atoms with Crippen molar-refractivity contribution in [2.24, 2.45) is 5.73 Å². The largest absolute Gasteiger partial charge is 0.368 e. The topological polar surface area (TPSA) is 96.2 Å². The number of carbonyl (C=O) groups excluding carboxylic acids is 2. The molecule has 5 N–H and O–H groups in total. The van der Waals surface area contributed by atoms with E-state index in [2.05, 4.69) is 29.8 Å². The molecule has 1 rings (SSSR count). The van der Waals surface area contributed by atoms with Crippen molar-refractivity contribution < 1.29 is 9.59 Å². The summed E-state index contributed by atoms with van der Waals surface area (Å²) in [6.07, 6.45) is 1.09. The van der Waals surface area contributed by atoms with Crippen molar-refractivity contribution in [1.29, 1.82) is 0 Å². The Hall–Kier alpha value is -2.08. The summed E-state index contributed by atoms with van der Waals surface area (Å²) in [6.45, 7) is 5.01. The Morgan fingerprint density at radius 2 is 1.90 bits per heavy atom. The van der Waals surface area contributed by atoms with Gasteiger partial charge in [-0.05, 0) is 37.6 Å². The van der Waals surface area contributed by atoms with Crippen LogP contribution >= 0.6 is 0 Å². The number of benzene rings is 1. The van der Waals surface area contributed by atoms with Gasteiger partial charge in [-0.15, -0.1) is 0 Å². The number of hydrogen-bond donors (Lipinski definition) is 4. The third-order valence-electron chi connectivity index (χ3n) is 2.79. The molecule has 0 aliphatic heterocycles. The van der Waals surface area contributed by atoms with Crippen LogP contribution in [-0.4, -0.2) is 25.0 Å². The molecule has 0 heterocycles. The Balaban J connectivity index is 2.49. The molecular weight excluding hydrogens is 256 g/mol. The number of urea groups is 1. The highest BCUT2D eigenvalue weighted by molar-refractivity contribution is 5.91. The molecule has 6 heteroatoms. The first kappa shape index (κ1) is 16.0. The average molecular weight is 278 g/mol. The fourth-order valence-corrected chi connectivity index (χ4v) is 1.68. The van der Waals surface area contributed by atoms with Crippen LogP contribution in [0.5, 0.6) is 0 Å². The lowest BCUT2D eigenvalue weighted by Gasteiger charge is -2.14. The van der Waals surface area contributed by atoms with Gasteiger partial charge in [0.2, 0.25) is 5.91 Å². The van der Waals surface area contributed by atoms with E-state index in [1.807, 2.05) is 24.3 Å². The van der Waals surface area contributed by atoms with Crippen molar-refractivity contribution in [3.63, 3.8) is 0 Å². The maximum Gasteiger partial charge on any atom is 0.319 e. The number of nitrogens with one attached hydrogen (secondary N) is 3. The Kier molecular flexibility index (Phi) is 6.52. The van der Waals surface area contributed by atoms with Crippen LogP contribution in [0.2, 0.25) is 0 Å². The zero-order valence-electron chi connectivity index (χ0n) is 11.9. The molecule has 1 aromatic carbocycles. The van der Waals surface area contributed by atoms with Gasteiger partial charge in [0.1, 0.15) is 0 Å². The van der Waals surface area contributed by atoms with Crippen LogP contribution in [0.1, 0.15) is 31.9 Å². The Labute approximate surface area is 119 Å². The SMILES string of the molecule is CCCNC(C)c1ccc(NC(=O)NCC(N)=O)cc1. The molecule has 0 aliphatic carbocycles. The molecular formula is C14H22N4O2. The number of hydrogen-bond acceptors (Lipinski definition) is 3. The minimum Gasteiger partial charge on any atom is -0.368 e. The standard InChI is InChI=1S/C14H22N4O2/c1-3-8-16-10(2)11-4-6-12(7-5-11)18-14(20)17-9-13(15)19/h4-7,10,16H,3,8-9H2,1-2H3,(H2,15,19)(H2,17,18,20). The van der Waals surface area contributed by atoms with Crippen molar-refractivity contribution >= 4 is 17.6 Å². The molecule has 1 unspecified atom stereocenters. The van der Waals surface area contributed by atoms with E-state index in [1.165, 1.54) is 0 Å². The van der Waals surface area contributed by atoms with E-state index in [9.17, 15) is 9.59 Å². The van der Waals surface area contributed by atoms with Gasteiger partial charge in [0, 0.05) is 11.7 Å².